The highest BCUT2D eigenvalue weighted by atomic mass is 16.7. The molecule has 12 unspecified atom stereocenters. The first kappa shape index (κ1) is 74.6. The summed E-state index contributed by atoms with van der Waals surface area (Å²) >= 11 is 0. The van der Waals surface area contributed by atoms with Crippen molar-refractivity contribution < 1.29 is 64.6 Å². The van der Waals surface area contributed by atoms with Crippen LogP contribution in [0.3, 0.4) is 0 Å². The van der Waals surface area contributed by atoms with E-state index in [1.807, 2.05) is 6.08 Å². The van der Waals surface area contributed by atoms with E-state index in [1.54, 1.807) is 6.08 Å². The molecule has 2 fully saturated rings. The van der Waals surface area contributed by atoms with Crippen molar-refractivity contribution in [3.63, 3.8) is 0 Å². The fourth-order valence-electron chi connectivity index (χ4n) is 11.3. The molecule has 9 N–H and O–H groups in total. The maximum atomic E-state index is 13.3. The van der Waals surface area contributed by atoms with Crippen LogP contribution in [-0.2, 0) is 23.7 Å². The lowest BCUT2D eigenvalue weighted by atomic mass is 9.97. The van der Waals surface area contributed by atoms with Gasteiger partial charge in [0.25, 0.3) is 0 Å². The molecule has 0 radical (unpaired) electrons. The fraction of sp³-hybridized carbons (Fsp3) is 0.924. The van der Waals surface area contributed by atoms with Gasteiger partial charge in [0.2, 0.25) is 5.91 Å². The first-order valence-corrected chi connectivity index (χ1v) is 33.6. The highest BCUT2D eigenvalue weighted by Crippen LogP contribution is 2.30. The third-order valence-electron chi connectivity index (χ3n) is 16.6. The molecular formula is C66H125NO13. The summed E-state index contributed by atoms with van der Waals surface area (Å²) in [4.78, 5) is 13.3. The summed E-state index contributed by atoms with van der Waals surface area (Å²) in [7, 11) is 0. The lowest BCUT2D eigenvalue weighted by Gasteiger charge is -2.46. The molecule has 80 heavy (non-hydrogen) atoms. The maximum Gasteiger partial charge on any atom is 0.220 e. The zero-order valence-electron chi connectivity index (χ0n) is 51.1. The average Bonchev–Trinajstić information content (AvgIpc) is 3.46. The van der Waals surface area contributed by atoms with Gasteiger partial charge in [0.05, 0.1) is 32.0 Å². The largest absolute Gasteiger partial charge is 0.394 e. The molecule has 0 bridgehead atoms. The Labute approximate surface area is 488 Å². The zero-order chi connectivity index (χ0) is 58.1. The van der Waals surface area contributed by atoms with Crippen LogP contribution < -0.4 is 5.32 Å². The molecule has 0 saturated carbocycles. The zero-order valence-corrected chi connectivity index (χ0v) is 51.1. The monoisotopic (exact) mass is 1140 g/mol. The minimum atomic E-state index is -1.79. The lowest BCUT2D eigenvalue weighted by Crippen LogP contribution is -2.65. The van der Waals surface area contributed by atoms with Crippen LogP contribution >= 0.6 is 0 Å². The van der Waals surface area contributed by atoms with Crippen LogP contribution in [0.2, 0.25) is 0 Å². The highest BCUT2D eigenvalue weighted by Gasteiger charge is 2.51. The van der Waals surface area contributed by atoms with E-state index >= 15 is 0 Å². The maximum absolute atomic E-state index is 13.3. The summed E-state index contributed by atoms with van der Waals surface area (Å²) < 4.78 is 22.8. The smallest absolute Gasteiger partial charge is 0.220 e. The molecule has 2 saturated heterocycles. The van der Waals surface area contributed by atoms with Crippen LogP contribution in [0.15, 0.2) is 24.3 Å². The number of amides is 1. The Balaban J connectivity index is 1.59. The standard InChI is InChI=1S/C66H125NO13/c1-3-5-7-9-11-13-15-17-18-19-20-21-22-23-24-25-26-27-28-29-30-31-32-33-34-35-36-37-38-40-42-44-46-48-50-58(71)67-54(55(70)49-47-45-43-41-39-16-14-12-10-8-6-4-2)53-77-65-63(76)61(74)64(57(52-69)79-65)80-66-62(75)60(73)59(72)56(51-68)78-66/h39,41,47,49,54-57,59-66,68-70,72-76H,3-38,40,42-46,48,50-53H2,1-2H3,(H,67,71)/b41-39+,49-47+. The summed E-state index contributed by atoms with van der Waals surface area (Å²) in [5.74, 6) is -0.244. The molecule has 2 aliphatic rings. The molecule has 2 aliphatic heterocycles. The van der Waals surface area contributed by atoms with E-state index in [1.165, 1.54) is 231 Å². The number of aliphatic hydroxyl groups excluding tert-OH is 8. The van der Waals surface area contributed by atoms with Crippen LogP contribution in [0.4, 0.5) is 0 Å². The van der Waals surface area contributed by atoms with Crippen molar-refractivity contribution in [3.8, 4) is 0 Å². The van der Waals surface area contributed by atoms with Crippen molar-refractivity contribution in [2.45, 2.75) is 370 Å². The fourth-order valence-corrected chi connectivity index (χ4v) is 11.3. The van der Waals surface area contributed by atoms with E-state index in [0.717, 1.165) is 32.1 Å². The van der Waals surface area contributed by atoms with Gasteiger partial charge in [0.15, 0.2) is 12.6 Å². The topological polar surface area (TPSA) is 228 Å². The van der Waals surface area contributed by atoms with Crippen molar-refractivity contribution in [2.75, 3.05) is 19.8 Å². The third-order valence-corrected chi connectivity index (χ3v) is 16.6. The molecule has 2 rings (SSSR count). The minimum absolute atomic E-state index is 0.244. The number of rotatable bonds is 55. The average molecular weight is 1140 g/mol. The Bertz CT molecular complexity index is 1440. The second kappa shape index (κ2) is 51.9. The molecule has 2 heterocycles. The summed E-state index contributed by atoms with van der Waals surface area (Å²) in [6, 6.07) is -0.927. The van der Waals surface area contributed by atoms with Crippen molar-refractivity contribution in [1.29, 1.82) is 0 Å². The number of allylic oxidation sites excluding steroid dienone is 3. The van der Waals surface area contributed by atoms with Gasteiger partial charge in [-0.05, 0) is 32.1 Å². The number of nitrogens with one attached hydrogen (secondary N) is 1. The van der Waals surface area contributed by atoms with Gasteiger partial charge in [0.1, 0.15) is 48.8 Å². The number of carbonyl (C=O) groups excluding carboxylic acids is 1. The summed E-state index contributed by atoms with van der Waals surface area (Å²) in [6.07, 6.45) is 47.0. The molecule has 0 spiro atoms. The second-order valence-corrected chi connectivity index (χ2v) is 24.0. The van der Waals surface area contributed by atoms with Gasteiger partial charge in [-0.3, -0.25) is 4.79 Å². The SMILES string of the molecule is CCCCCCCC/C=C/CC/C=C/C(O)C(COC1OC(CO)C(OC2OC(CO)C(O)C(O)C2O)C(O)C1O)NC(=O)CCCCCCCCCCCCCCCCCCCCCCCCCCCCCCCCCCCC. The number of hydrogen-bond acceptors (Lipinski definition) is 13. The quantitative estimate of drug-likeness (QED) is 0.0204. The Kier molecular flexibility index (Phi) is 48.3. The van der Waals surface area contributed by atoms with E-state index in [4.69, 9.17) is 18.9 Å². The lowest BCUT2D eigenvalue weighted by molar-refractivity contribution is -0.359. The number of hydrogen-bond donors (Lipinski definition) is 9. The molecule has 0 aromatic carbocycles. The summed E-state index contributed by atoms with van der Waals surface area (Å²) in [5.41, 5.74) is 0. The van der Waals surface area contributed by atoms with E-state index in [2.05, 4.69) is 31.3 Å². The van der Waals surface area contributed by atoms with Crippen molar-refractivity contribution in [2.24, 2.45) is 0 Å². The van der Waals surface area contributed by atoms with Crippen LogP contribution in [-0.4, -0.2) is 140 Å². The van der Waals surface area contributed by atoms with E-state index < -0.39 is 86.8 Å². The van der Waals surface area contributed by atoms with Crippen LogP contribution in [0.25, 0.3) is 0 Å². The van der Waals surface area contributed by atoms with Crippen molar-refractivity contribution in [3.05, 3.63) is 24.3 Å². The van der Waals surface area contributed by atoms with Gasteiger partial charge in [-0.1, -0.05) is 282 Å². The Morgan fingerprint density at radius 2 is 0.800 bits per heavy atom. The van der Waals surface area contributed by atoms with Crippen LogP contribution in [0.5, 0.6) is 0 Å². The molecule has 14 heteroatoms. The Hall–Kier alpha value is -1.53. The van der Waals surface area contributed by atoms with E-state index in [0.29, 0.717) is 12.8 Å². The summed E-state index contributed by atoms with van der Waals surface area (Å²) in [6.45, 7) is 2.79. The van der Waals surface area contributed by atoms with Gasteiger partial charge in [-0.25, -0.2) is 0 Å². The highest BCUT2D eigenvalue weighted by molar-refractivity contribution is 5.76. The Morgan fingerprint density at radius 3 is 1.23 bits per heavy atom. The normalized spacial score (nSPS) is 24.3. The van der Waals surface area contributed by atoms with Gasteiger partial charge in [0, 0.05) is 6.42 Å². The predicted octanol–water partition coefficient (Wildman–Crippen LogP) is 12.8. The third kappa shape index (κ3) is 36.3. The number of ether oxygens (including phenoxy) is 4. The molecule has 1 amide bonds. The first-order chi connectivity index (χ1) is 39.1. The van der Waals surface area contributed by atoms with Gasteiger partial charge in [-0.15, -0.1) is 0 Å². The molecule has 0 aromatic heterocycles. The second-order valence-electron chi connectivity index (χ2n) is 24.0. The van der Waals surface area contributed by atoms with Gasteiger partial charge < -0.3 is 65.1 Å². The molecule has 14 nitrogen and oxygen atoms in total. The summed E-state index contributed by atoms with van der Waals surface area (Å²) in [5, 5.41) is 87.0. The number of carbonyl (C=O) groups is 1. The molecule has 0 aliphatic carbocycles. The van der Waals surface area contributed by atoms with E-state index in [9.17, 15) is 45.6 Å². The molecular weight excluding hydrogens is 1010 g/mol. The van der Waals surface area contributed by atoms with Crippen molar-refractivity contribution >= 4 is 5.91 Å². The minimum Gasteiger partial charge on any atom is -0.394 e. The first-order valence-electron chi connectivity index (χ1n) is 33.6. The van der Waals surface area contributed by atoms with Crippen LogP contribution in [0, 0.1) is 0 Å². The Morgan fingerprint density at radius 1 is 0.438 bits per heavy atom. The van der Waals surface area contributed by atoms with Crippen molar-refractivity contribution in [1.82, 2.24) is 5.32 Å². The molecule has 12 atom stereocenters. The van der Waals surface area contributed by atoms with Gasteiger partial charge in [-0.2, -0.15) is 0 Å². The predicted molar refractivity (Wildman–Crippen MR) is 323 cm³/mol. The number of unbranched alkanes of at least 4 members (excludes halogenated alkanes) is 40. The molecule has 0 aromatic rings. The van der Waals surface area contributed by atoms with E-state index in [-0.39, 0.29) is 18.9 Å². The van der Waals surface area contributed by atoms with Gasteiger partial charge >= 0.3 is 0 Å². The number of aliphatic hydroxyl groups is 8. The molecule has 472 valence electrons. The van der Waals surface area contributed by atoms with Crippen LogP contribution in [0.1, 0.15) is 296 Å².